The molecule has 2 amide bonds. The third-order valence-corrected chi connectivity index (χ3v) is 12.6. The maximum Gasteiger partial charge on any atom is 0.251 e. The van der Waals surface area contributed by atoms with Crippen LogP contribution in [0.2, 0.25) is 0 Å². The number of hydroxylamine groups is 2. The lowest BCUT2D eigenvalue weighted by atomic mass is 9.45. The zero-order valence-electron chi connectivity index (χ0n) is 35.5. The van der Waals surface area contributed by atoms with Crippen molar-refractivity contribution in [2.75, 3.05) is 52.8 Å². The van der Waals surface area contributed by atoms with E-state index in [-0.39, 0.29) is 47.9 Å². The zero-order chi connectivity index (χ0) is 40.6. The van der Waals surface area contributed by atoms with Crippen molar-refractivity contribution < 1.29 is 29.4 Å². The van der Waals surface area contributed by atoms with E-state index in [1.54, 1.807) is 12.0 Å². The minimum absolute atomic E-state index is 0.0334. The summed E-state index contributed by atoms with van der Waals surface area (Å²) in [7, 11) is 7.95. The number of anilines is 1. The van der Waals surface area contributed by atoms with Crippen molar-refractivity contribution in [3.63, 3.8) is 0 Å². The van der Waals surface area contributed by atoms with Gasteiger partial charge in [0, 0.05) is 61.0 Å². The molecule has 3 aliphatic carbocycles. The summed E-state index contributed by atoms with van der Waals surface area (Å²) in [5.74, 6) is 1.12. The molecule has 9 atom stereocenters. The molecule has 2 aromatic rings. The Balaban J connectivity index is 1.47. The molecule has 4 aliphatic rings. The minimum atomic E-state index is -0.897. The molecule has 1 heterocycles. The highest BCUT2D eigenvalue weighted by molar-refractivity contribution is 5.97. The number of aliphatic hydroxyl groups excluding tert-OH is 2. The van der Waals surface area contributed by atoms with Crippen molar-refractivity contribution in [3.8, 4) is 16.9 Å². The van der Waals surface area contributed by atoms with Gasteiger partial charge in [-0.25, -0.2) is 0 Å². The molecule has 0 aromatic heterocycles. The molecule has 0 unspecified atom stereocenters. The van der Waals surface area contributed by atoms with Crippen LogP contribution in [0.3, 0.4) is 0 Å². The molecule has 1 saturated heterocycles. The van der Waals surface area contributed by atoms with E-state index in [0.29, 0.717) is 35.7 Å². The number of hydrogen-bond acceptors (Lipinski definition) is 9. The molecular formula is C44H69N5O6. The van der Waals surface area contributed by atoms with Crippen LogP contribution in [-0.4, -0.2) is 110 Å². The number of hydrogen-bond donors (Lipinski definition) is 4. The van der Waals surface area contributed by atoms with Gasteiger partial charge in [0.1, 0.15) is 17.9 Å². The van der Waals surface area contributed by atoms with E-state index in [1.807, 2.05) is 70.3 Å². The summed E-state index contributed by atoms with van der Waals surface area (Å²) in [6.07, 6.45) is 1.32. The van der Waals surface area contributed by atoms with Crippen molar-refractivity contribution in [1.29, 1.82) is 0 Å². The second kappa shape index (κ2) is 17.1. The van der Waals surface area contributed by atoms with Crippen LogP contribution >= 0.6 is 0 Å². The Morgan fingerprint density at radius 1 is 1.11 bits per heavy atom. The lowest BCUT2D eigenvalue weighted by molar-refractivity contribution is -0.183. The van der Waals surface area contributed by atoms with Crippen LogP contribution in [0.5, 0.6) is 5.75 Å². The number of carbonyl (C=O) groups excluding carboxylic acids is 2. The highest BCUT2D eigenvalue weighted by atomic mass is 16.7. The SMILES string of the molecule is CCOc1c(CN2O[C@@H](CO)[C@@H]([C@H](C)O)[C@H]2C(=O)N[C@H]2C[C@H]3C[C@H]([C@@H]2C)C3(C)C)cccc1-c1cc(C(=O)N[C@H](CN(C)C)CC(C)(C)C)cc(N(C)C)c1. The summed E-state index contributed by atoms with van der Waals surface area (Å²) in [5.41, 5.74) is 4.15. The number of carbonyl (C=O) groups is 2. The van der Waals surface area contributed by atoms with Gasteiger partial charge in [-0.1, -0.05) is 59.7 Å². The van der Waals surface area contributed by atoms with Gasteiger partial charge >= 0.3 is 0 Å². The van der Waals surface area contributed by atoms with Gasteiger partial charge in [-0.15, -0.1) is 0 Å². The molecular weight excluding hydrogens is 695 g/mol. The Morgan fingerprint density at radius 2 is 1.82 bits per heavy atom. The first-order chi connectivity index (χ1) is 25.7. The van der Waals surface area contributed by atoms with E-state index in [4.69, 9.17) is 9.57 Å². The van der Waals surface area contributed by atoms with Gasteiger partial charge in [0.05, 0.1) is 25.9 Å². The second-order valence-electron chi connectivity index (χ2n) is 18.8. The lowest BCUT2D eigenvalue weighted by Gasteiger charge is -2.62. The third kappa shape index (κ3) is 9.50. The smallest absolute Gasteiger partial charge is 0.251 e. The van der Waals surface area contributed by atoms with Crippen molar-refractivity contribution in [2.24, 2.45) is 34.5 Å². The Hall–Kier alpha value is -3.22. The number of nitrogens with one attached hydrogen (secondary N) is 2. The highest BCUT2D eigenvalue weighted by Crippen LogP contribution is 2.61. The third-order valence-electron chi connectivity index (χ3n) is 12.6. The number of ether oxygens (including phenoxy) is 1. The molecule has 306 valence electrons. The predicted octanol–water partition coefficient (Wildman–Crippen LogP) is 5.58. The van der Waals surface area contributed by atoms with Crippen LogP contribution in [0.1, 0.15) is 90.6 Å². The molecule has 4 fully saturated rings. The van der Waals surface area contributed by atoms with E-state index in [9.17, 15) is 19.8 Å². The Labute approximate surface area is 330 Å². The van der Waals surface area contributed by atoms with Crippen LogP contribution in [0, 0.1) is 34.5 Å². The molecule has 1 aliphatic heterocycles. The quantitative estimate of drug-likeness (QED) is 0.184. The zero-order valence-corrected chi connectivity index (χ0v) is 35.5. The normalized spacial score (nSPS) is 27.3. The monoisotopic (exact) mass is 764 g/mol. The number of nitrogens with zero attached hydrogens (tertiary/aromatic N) is 3. The maximum atomic E-state index is 14.3. The van der Waals surface area contributed by atoms with Crippen molar-refractivity contribution in [3.05, 3.63) is 47.5 Å². The number of fused-ring (bicyclic) bond motifs is 2. The molecule has 11 nitrogen and oxygen atoms in total. The summed E-state index contributed by atoms with van der Waals surface area (Å²) in [6, 6.07) is 10.9. The topological polar surface area (TPSA) is 127 Å². The lowest BCUT2D eigenvalue weighted by Crippen LogP contribution is -2.62. The van der Waals surface area contributed by atoms with Gasteiger partial charge in [-0.05, 0) is 99.6 Å². The molecule has 6 rings (SSSR count). The Morgan fingerprint density at radius 3 is 2.38 bits per heavy atom. The van der Waals surface area contributed by atoms with E-state index >= 15 is 0 Å². The van der Waals surface area contributed by atoms with E-state index in [1.165, 1.54) is 6.42 Å². The molecule has 4 N–H and O–H groups in total. The number of likely N-dealkylation sites (N-methyl/N-ethyl adjacent to an activating group) is 1. The van der Waals surface area contributed by atoms with Crippen LogP contribution in [0.4, 0.5) is 5.69 Å². The maximum absolute atomic E-state index is 14.3. The average molecular weight is 764 g/mol. The first-order valence-corrected chi connectivity index (χ1v) is 20.3. The van der Waals surface area contributed by atoms with Crippen molar-refractivity contribution >= 4 is 17.5 Å². The fourth-order valence-electron chi connectivity index (χ4n) is 9.67. The van der Waals surface area contributed by atoms with Crippen molar-refractivity contribution in [1.82, 2.24) is 20.6 Å². The first-order valence-electron chi connectivity index (χ1n) is 20.3. The van der Waals surface area contributed by atoms with E-state index in [0.717, 1.165) is 41.8 Å². The van der Waals surface area contributed by atoms with E-state index < -0.39 is 24.2 Å². The number of para-hydroxylation sites is 1. The Kier molecular flexibility index (Phi) is 13.3. The summed E-state index contributed by atoms with van der Waals surface area (Å²) >= 11 is 0. The van der Waals surface area contributed by atoms with Gasteiger partial charge in [-0.2, -0.15) is 5.06 Å². The molecule has 0 radical (unpaired) electrons. The molecule has 3 saturated carbocycles. The number of aliphatic hydroxyl groups is 2. The van der Waals surface area contributed by atoms with Crippen molar-refractivity contribution in [2.45, 2.75) is 112 Å². The fraction of sp³-hybridized carbons (Fsp3) is 0.682. The van der Waals surface area contributed by atoms with Gasteiger partial charge in [0.2, 0.25) is 5.91 Å². The Bertz CT molecular complexity index is 1650. The number of benzene rings is 2. The summed E-state index contributed by atoms with van der Waals surface area (Å²) in [4.78, 5) is 38.7. The average Bonchev–Trinajstić information content (AvgIpc) is 3.47. The molecule has 2 aromatic carbocycles. The van der Waals surface area contributed by atoms with Gasteiger partial charge < -0.3 is 35.4 Å². The van der Waals surface area contributed by atoms with Crippen LogP contribution in [0.15, 0.2) is 36.4 Å². The number of rotatable bonds is 15. The largest absolute Gasteiger partial charge is 0.493 e. The molecule has 11 heteroatoms. The van der Waals surface area contributed by atoms with Crippen LogP contribution < -0.4 is 20.3 Å². The first kappa shape index (κ1) is 42.9. The van der Waals surface area contributed by atoms with Gasteiger partial charge in [0.25, 0.3) is 5.91 Å². The molecule has 2 bridgehead atoms. The standard InChI is InChI=1S/C44H69N5O6/c1-13-54-40-28(23-49-39(38(27(3)51)37(25-50)55-49)42(53)46-36-21-31-20-35(26(36)2)44(31,7)8)15-14-16-34(40)29-17-30(19-33(18-29)48(11)12)41(52)45-32(24-47(9)10)22-43(4,5)6/h14-19,26-27,31-32,35-39,50-51H,13,20-25H2,1-12H3,(H,45,52)(H,46,53)/t26-,27-,31+,32-,35+,36-,37-,38+,39-/m0/s1. The summed E-state index contributed by atoms with van der Waals surface area (Å²) in [5, 5.41) is 29.7. The van der Waals surface area contributed by atoms with Crippen LogP contribution in [0.25, 0.3) is 11.1 Å². The molecule has 55 heavy (non-hydrogen) atoms. The van der Waals surface area contributed by atoms with Crippen LogP contribution in [-0.2, 0) is 16.2 Å². The predicted molar refractivity (Wildman–Crippen MR) is 219 cm³/mol. The fourth-order valence-corrected chi connectivity index (χ4v) is 9.67. The molecule has 0 spiro atoms. The van der Waals surface area contributed by atoms with E-state index in [2.05, 4.69) is 63.1 Å². The van der Waals surface area contributed by atoms with Gasteiger partial charge in [0.15, 0.2) is 0 Å². The summed E-state index contributed by atoms with van der Waals surface area (Å²) < 4.78 is 6.39. The minimum Gasteiger partial charge on any atom is -0.493 e. The highest BCUT2D eigenvalue weighted by Gasteiger charge is 2.57. The second-order valence-corrected chi connectivity index (χ2v) is 18.8. The van der Waals surface area contributed by atoms with Gasteiger partial charge in [-0.3, -0.25) is 14.4 Å². The number of amides is 2. The summed E-state index contributed by atoms with van der Waals surface area (Å²) in [6.45, 7) is 18.0.